The maximum atomic E-state index is 9.48. The van der Waals surface area contributed by atoms with Crippen LogP contribution in [-0.4, -0.2) is 36.8 Å². The highest BCUT2D eigenvalue weighted by Crippen LogP contribution is 2.35. The Morgan fingerprint density at radius 1 is 1.35 bits per heavy atom. The maximum Gasteiger partial charge on any atom is 0.0595 e. The van der Waals surface area contributed by atoms with E-state index in [0.717, 1.165) is 19.5 Å². The Morgan fingerprint density at radius 3 is 2.76 bits per heavy atom. The largest absolute Gasteiger partial charge is 0.396 e. The molecule has 0 spiro atoms. The molecule has 2 nitrogen and oxygen atoms in total. The van der Waals surface area contributed by atoms with E-state index < -0.39 is 0 Å². The minimum atomic E-state index is 0.218. The van der Waals surface area contributed by atoms with Crippen molar-refractivity contribution in [1.29, 1.82) is 0 Å². The molecule has 1 aromatic carbocycles. The van der Waals surface area contributed by atoms with Crippen molar-refractivity contribution in [1.82, 2.24) is 4.90 Å². The van der Waals surface area contributed by atoms with Crippen molar-refractivity contribution in [2.75, 3.05) is 26.7 Å². The van der Waals surface area contributed by atoms with Gasteiger partial charge in [0.25, 0.3) is 0 Å². The Bertz CT molecular complexity index is 397. The molecule has 1 N–H and O–H groups in total. The molecule has 0 amide bonds. The van der Waals surface area contributed by atoms with Gasteiger partial charge in [-0.05, 0) is 43.6 Å². The summed E-state index contributed by atoms with van der Waals surface area (Å²) >= 11 is 12.0. The lowest BCUT2D eigenvalue weighted by Gasteiger charge is -2.36. The fourth-order valence-electron chi connectivity index (χ4n) is 2.58. The first kappa shape index (κ1) is 13.2. The van der Waals surface area contributed by atoms with E-state index in [2.05, 4.69) is 11.9 Å². The van der Waals surface area contributed by atoms with Gasteiger partial charge in [0.05, 0.1) is 10.0 Å². The quantitative estimate of drug-likeness (QED) is 0.896. The molecule has 2 atom stereocenters. The number of benzene rings is 1. The van der Waals surface area contributed by atoms with Gasteiger partial charge in [-0.25, -0.2) is 0 Å². The minimum absolute atomic E-state index is 0.218. The predicted molar refractivity (Wildman–Crippen MR) is 71.9 cm³/mol. The van der Waals surface area contributed by atoms with Crippen molar-refractivity contribution in [2.24, 2.45) is 5.92 Å². The Balaban J connectivity index is 2.22. The normalized spacial score (nSPS) is 26.1. The van der Waals surface area contributed by atoms with Gasteiger partial charge in [0.15, 0.2) is 0 Å². The average Bonchev–Trinajstić information content (AvgIpc) is 2.32. The number of nitrogens with zero attached hydrogens (tertiary/aromatic N) is 1. The molecule has 0 saturated carbocycles. The van der Waals surface area contributed by atoms with Gasteiger partial charge in [0.1, 0.15) is 0 Å². The predicted octanol–water partition coefficient (Wildman–Crippen LogP) is 3.02. The number of hydrogen-bond acceptors (Lipinski definition) is 2. The number of aliphatic hydroxyl groups is 1. The summed E-state index contributed by atoms with van der Waals surface area (Å²) in [7, 11) is 2.09. The van der Waals surface area contributed by atoms with E-state index >= 15 is 0 Å². The van der Waals surface area contributed by atoms with Gasteiger partial charge < -0.3 is 10.0 Å². The molecule has 1 saturated heterocycles. The molecule has 94 valence electrons. The number of likely N-dealkylation sites (tertiary alicyclic amines) is 1. The first-order valence-electron chi connectivity index (χ1n) is 5.86. The van der Waals surface area contributed by atoms with Crippen molar-refractivity contribution < 1.29 is 5.11 Å². The molecule has 2 unspecified atom stereocenters. The monoisotopic (exact) mass is 273 g/mol. The van der Waals surface area contributed by atoms with Gasteiger partial charge in [0.2, 0.25) is 0 Å². The fraction of sp³-hybridized carbons (Fsp3) is 0.538. The van der Waals surface area contributed by atoms with Crippen LogP contribution in [0.3, 0.4) is 0 Å². The van der Waals surface area contributed by atoms with Gasteiger partial charge in [-0.3, -0.25) is 0 Å². The minimum Gasteiger partial charge on any atom is -0.396 e. The van der Waals surface area contributed by atoms with Crippen molar-refractivity contribution >= 4 is 23.2 Å². The third-order valence-corrected chi connectivity index (χ3v) is 4.28. The second-order valence-electron chi connectivity index (χ2n) is 4.77. The fourth-order valence-corrected chi connectivity index (χ4v) is 2.89. The zero-order chi connectivity index (χ0) is 12.4. The Kier molecular flexibility index (Phi) is 4.31. The number of halogens is 2. The van der Waals surface area contributed by atoms with E-state index in [4.69, 9.17) is 23.2 Å². The van der Waals surface area contributed by atoms with Gasteiger partial charge in [-0.1, -0.05) is 29.3 Å². The van der Waals surface area contributed by atoms with Crippen molar-refractivity contribution in [3.05, 3.63) is 33.8 Å². The molecule has 4 heteroatoms. The molecule has 1 heterocycles. The molecular formula is C13H17Cl2NO. The van der Waals surface area contributed by atoms with Crippen LogP contribution in [0.1, 0.15) is 17.9 Å². The van der Waals surface area contributed by atoms with E-state index in [1.54, 1.807) is 0 Å². The lowest BCUT2D eigenvalue weighted by atomic mass is 9.81. The summed E-state index contributed by atoms with van der Waals surface area (Å²) in [4.78, 5) is 2.26. The van der Waals surface area contributed by atoms with Gasteiger partial charge in [-0.15, -0.1) is 0 Å². The maximum absolute atomic E-state index is 9.48. The summed E-state index contributed by atoms with van der Waals surface area (Å²) in [5.41, 5.74) is 1.19. The number of hydrogen-bond donors (Lipinski definition) is 1. The zero-order valence-electron chi connectivity index (χ0n) is 9.87. The summed E-state index contributed by atoms with van der Waals surface area (Å²) < 4.78 is 0. The van der Waals surface area contributed by atoms with Crippen LogP contribution < -0.4 is 0 Å². The Morgan fingerprint density at radius 2 is 2.12 bits per heavy atom. The third-order valence-electron chi connectivity index (χ3n) is 3.54. The van der Waals surface area contributed by atoms with Crippen molar-refractivity contribution in [3.8, 4) is 0 Å². The highest BCUT2D eigenvalue weighted by Gasteiger charge is 2.28. The summed E-state index contributed by atoms with van der Waals surface area (Å²) in [6, 6.07) is 5.79. The Hall–Kier alpha value is -0.280. The van der Waals surface area contributed by atoms with Crippen LogP contribution >= 0.6 is 23.2 Å². The van der Waals surface area contributed by atoms with Gasteiger partial charge >= 0.3 is 0 Å². The molecule has 0 radical (unpaired) electrons. The van der Waals surface area contributed by atoms with Crippen LogP contribution in [0, 0.1) is 5.92 Å². The van der Waals surface area contributed by atoms with E-state index in [1.165, 1.54) is 5.56 Å². The highest BCUT2D eigenvalue weighted by molar-refractivity contribution is 6.42. The topological polar surface area (TPSA) is 23.5 Å². The molecule has 2 rings (SSSR count). The highest BCUT2D eigenvalue weighted by atomic mass is 35.5. The molecule has 1 aromatic rings. The first-order valence-corrected chi connectivity index (χ1v) is 6.61. The summed E-state index contributed by atoms with van der Waals surface area (Å²) in [5.74, 6) is 0.664. The van der Waals surface area contributed by atoms with Gasteiger partial charge in [-0.2, -0.15) is 0 Å². The molecular weight excluding hydrogens is 257 g/mol. The number of rotatable bonds is 2. The number of aliphatic hydroxyl groups excluding tert-OH is 1. The van der Waals surface area contributed by atoms with E-state index in [-0.39, 0.29) is 12.5 Å². The molecule has 1 aliphatic heterocycles. The second-order valence-corrected chi connectivity index (χ2v) is 5.59. The summed E-state index contributed by atoms with van der Waals surface area (Å²) in [5, 5.41) is 10.7. The van der Waals surface area contributed by atoms with Crippen molar-refractivity contribution in [2.45, 2.75) is 12.3 Å². The standard InChI is InChI=1S/C13H17Cl2NO/c1-16-5-4-11(10(7-16)8-17)9-2-3-12(14)13(15)6-9/h2-3,6,10-11,17H,4-5,7-8H2,1H3. The first-order chi connectivity index (χ1) is 8.11. The SMILES string of the molecule is CN1CCC(c2ccc(Cl)c(Cl)c2)C(CO)C1. The van der Waals surface area contributed by atoms with Crippen LogP contribution in [0.15, 0.2) is 18.2 Å². The van der Waals surface area contributed by atoms with E-state index in [9.17, 15) is 5.11 Å². The molecule has 0 bridgehead atoms. The van der Waals surface area contributed by atoms with Crippen LogP contribution in [0.25, 0.3) is 0 Å². The molecule has 0 aliphatic carbocycles. The molecule has 0 aromatic heterocycles. The lowest BCUT2D eigenvalue weighted by Crippen LogP contribution is -2.38. The lowest BCUT2D eigenvalue weighted by molar-refractivity contribution is 0.118. The van der Waals surface area contributed by atoms with Crippen LogP contribution in [0.2, 0.25) is 10.0 Å². The third kappa shape index (κ3) is 2.94. The number of piperidine rings is 1. The smallest absolute Gasteiger partial charge is 0.0595 e. The van der Waals surface area contributed by atoms with Crippen LogP contribution in [-0.2, 0) is 0 Å². The van der Waals surface area contributed by atoms with Crippen LogP contribution in [0.4, 0.5) is 0 Å². The van der Waals surface area contributed by atoms with Crippen LogP contribution in [0.5, 0.6) is 0 Å². The molecule has 1 aliphatic rings. The Labute approximate surface area is 112 Å². The van der Waals surface area contributed by atoms with Crippen molar-refractivity contribution in [3.63, 3.8) is 0 Å². The summed E-state index contributed by atoms with van der Waals surface area (Å²) in [6.07, 6.45) is 1.06. The molecule has 1 fully saturated rings. The van der Waals surface area contributed by atoms with E-state index in [0.29, 0.717) is 16.0 Å². The second kappa shape index (κ2) is 5.57. The van der Waals surface area contributed by atoms with Gasteiger partial charge in [0, 0.05) is 19.1 Å². The molecule has 17 heavy (non-hydrogen) atoms. The van der Waals surface area contributed by atoms with E-state index in [1.807, 2.05) is 18.2 Å². The average molecular weight is 274 g/mol. The zero-order valence-corrected chi connectivity index (χ0v) is 11.4. The summed E-state index contributed by atoms with van der Waals surface area (Å²) in [6.45, 7) is 2.21.